The molecule has 0 aliphatic carbocycles. The van der Waals surface area contributed by atoms with Crippen LogP contribution in [0.5, 0.6) is 11.5 Å². The number of nitrogens with one attached hydrogen (secondary N) is 1. The quantitative estimate of drug-likeness (QED) is 0.591. The molecule has 0 atom stereocenters. The Balaban J connectivity index is 1.56. The number of nitrogens with zero attached hydrogens (tertiary/aromatic N) is 3. The highest BCUT2D eigenvalue weighted by atomic mass is 35.5. The number of ether oxygens (including phenoxy) is 2. The van der Waals surface area contributed by atoms with Crippen molar-refractivity contribution in [1.82, 2.24) is 5.01 Å². The summed E-state index contributed by atoms with van der Waals surface area (Å²) in [4.78, 5) is 16.6. The second-order valence-electron chi connectivity index (χ2n) is 6.80. The predicted molar refractivity (Wildman–Crippen MR) is 124 cm³/mol. The first-order chi connectivity index (χ1) is 15.4. The number of rotatable bonds is 6. The molecule has 0 aromatic heterocycles. The number of thioether (sulfide) groups is 1. The average Bonchev–Trinajstić information content (AvgIpc) is 3.19. The van der Waals surface area contributed by atoms with E-state index in [0.717, 1.165) is 5.04 Å². The van der Waals surface area contributed by atoms with Crippen LogP contribution in [0.3, 0.4) is 0 Å². The Kier molecular flexibility index (Phi) is 6.29. The molecule has 1 N–H and O–H groups in total. The Bertz CT molecular complexity index is 1210. The fourth-order valence-electron chi connectivity index (χ4n) is 3.03. The second-order valence-corrected chi connectivity index (χ2v) is 8.25. The van der Waals surface area contributed by atoms with Gasteiger partial charge in [0.2, 0.25) is 5.17 Å². The third-order valence-corrected chi connectivity index (χ3v) is 6.10. The van der Waals surface area contributed by atoms with Crippen molar-refractivity contribution in [3.05, 3.63) is 63.9 Å². The number of methoxy groups -OCH3 is 1. The van der Waals surface area contributed by atoms with Crippen LogP contribution in [0.25, 0.3) is 6.08 Å². The Morgan fingerprint density at radius 3 is 2.78 bits per heavy atom. The van der Waals surface area contributed by atoms with E-state index in [0.29, 0.717) is 34.2 Å². The third-order valence-electron chi connectivity index (χ3n) is 4.70. The summed E-state index contributed by atoms with van der Waals surface area (Å²) in [5.74, 6) is -0.0574. The maximum Gasteiger partial charge on any atom is 0.283 e. The topological polar surface area (TPSA) is 87.3 Å². The molecule has 2 aromatic rings. The van der Waals surface area contributed by atoms with Crippen LogP contribution in [-0.4, -0.2) is 34.1 Å². The zero-order valence-electron chi connectivity index (χ0n) is 17.2. The number of amidine groups is 2. The van der Waals surface area contributed by atoms with Gasteiger partial charge in [0.05, 0.1) is 17.7 Å². The van der Waals surface area contributed by atoms with Gasteiger partial charge in [0.1, 0.15) is 17.5 Å². The molecule has 0 spiro atoms. The van der Waals surface area contributed by atoms with Gasteiger partial charge in [-0.2, -0.15) is 15.1 Å². The highest BCUT2D eigenvalue weighted by Crippen LogP contribution is 2.32. The van der Waals surface area contributed by atoms with Crippen LogP contribution in [-0.2, 0) is 11.4 Å². The van der Waals surface area contributed by atoms with Gasteiger partial charge in [-0.15, -0.1) is 0 Å². The number of hydrogen-bond acceptors (Lipinski definition) is 6. The number of carbonyl (C=O) groups excluding carboxylic acids is 1. The molecule has 0 saturated carbocycles. The Morgan fingerprint density at radius 1 is 1.25 bits per heavy atom. The largest absolute Gasteiger partial charge is 0.493 e. The molecule has 2 aromatic carbocycles. The average molecular weight is 473 g/mol. The first-order valence-corrected chi connectivity index (χ1v) is 10.8. The number of halogens is 2. The van der Waals surface area contributed by atoms with Crippen LogP contribution in [0, 0.1) is 11.2 Å². The minimum absolute atomic E-state index is 0.0267. The normalized spacial score (nSPS) is 16.8. The van der Waals surface area contributed by atoms with Crippen LogP contribution in [0.2, 0.25) is 5.02 Å². The lowest BCUT2D eigenvalue weighted by molar-refractivity contribution is -0.114. The first-order valence-electron chi connectivity index (χ1n) is 9.63. The molecule has 2 aliphatic heterocycles. The summed E-state index contributed by atoms with van der Waals surface area (Å²) in [6, 6.07) is 9.20. The van der Waals surface area contributed by atoms with E-state index in [1.165, 1.54) is 36.0 Å². The van der Waals surface area contributed by atoms with Gasteiger partial charge >= 0.3 is 0 Å². The summed E-state index contributed by atoms with van der Waals surface area (Å²) < 4.78 is 24.4. The lowest BCUT2D eigenvalue weighted by Crippen LogP contribution is -2.35. The molecule has 10 heteroatoms. The standard InChI is InChI=1S/C22H18ClFN4O3S/c1-3-19-27-28-20(25)15(21(29)26-22(28)32-19)8-12-4-7-17(18(9-12)30-2)31-11-13-5-6-14(24)10-16(13)23/h4-10,25H,3,11H2,1-2H3. The number of hydrogen-bond donors (Lipinski definition) is 1. The zero-order chi connectivity index (χ0) is 22.8. The van der Waals surface area contributed by atoms with Crippen LogP contribution < -0.4 is 9.47 Å². The Hall–Kier alpha value is -3.17. The molecule has 0 fully saturated rings. The lowest BCUT2D eigenvalue weighted by Gasteiger charge is -2.20. The van der Waals surface area contributed by atoms with E-state index >= 15 is 0 Å². The summed E-state index contributed by atoms with van der Waals surface area (Å²) in [5, 5.41) is 15.6. The number of hydrazone groups is 1. The van der Waals surface area contributed by atoms with Crippen molar-refractivity contribution in [3.63, 3.8) is 0 Å². The zero-order valence-corrected chi connectivity index (χ0v) is 18.8. The SMILES string of the molecule is CCC1=NN2C(=N)C(=Cc3ccc(OCc4ccc(F)cc4Cl)c(OC)c3)C(=O)N=C2S1. The minimum Gasteiger partial charge on any atom is -0.493 e. The van der Waals surface area contributed by atoms with Gasteiger partial charge in [-0.3, -0.25) is 10.2 Å². The van der Waals surface area contributed by atoms with Crippen LogP contribution in [0.1, 0.15) is 24.5 Å². The summed E-state index contributed by atoms with van der Waals surface area (Å²) in [7, 11) is 1.50. The van der Waals surface area contributed by atoms with Gasteiger partial charge in [-0.25, -0.2) is 4.39 Å². The lowest BCUT2D eigenvalue weighted by atomic mass is 10.1. The van der Waals surface area contributed by atoms with Crippen molar-refractivity contribution >= 4 is 51.4 Å². The smallest absolute Gasteiger partial charge is 0.283 e. The minimum atomic E-state index is -0.494. The van der Waals surface area contributed by atoms with Gasteiger partial charge in [-0.05, 0) is 54.1 Å². The van der Waals surface area contributed by atoms with E-state index in [1.54, 1.807) is 30.3 Å². The summed E-state index contributed by atoms with van der Waals surface area (Å²) in [5.41, 5.74) is 1.39. The van der Waals surface area contributed by atoms with Crippen molar-refractivity contribution in [2.45, 2.75) is 20.0 Å². The van der Waals surface area contributed by atoms with Crippen molar-refractivity contribution in [2.24, 2.45) is 10.1 Å². The summed E-state index contributed by atoms with van der Waals surface area (Å²) >= 11 is 7.34. The molecule has 4 rings (SSSR count). The van der Waals surface area contributed by atoms with Gasteiger partial charge in [-0.1, -0.05) is 30.7 Å². The third kappa shape index (κ3) is 4.39. The number of aliphatic imine (C=N–C) groups is 1. The number of fused-ring (bicyclic) bond motifs is 1. The molecule has 0 bridgehead atoms. The van der Waals surface area contributed by atoms with Crippen molar-refractivity contribution < 1.29 is 18.7 Å². The molecule has 0 radical (unpaired) electrons. The summed E-state index contributed by atoms with van der Waals surface area (Å²) in [6.45, 7) is 2.08. The fraction of sp³-hybridized carbons (Fsp3) is 0.182. The molecule has 0 unspecified atom stereocenters. The van der Waals surface area contributed by atoms with E-state index in [-0.39, 0.29) is 23.0 Å². The van der Waals surface area contributed by atoms with Crippen LogP contribution >= 0.6 is 23.4 Å². The monoisotopic (exact) mass is 472 g/mol. The first kappa shape index (κ1) is 22.0. The van der Waals surface area contributed by atoms with Gasteiger partial charge in [0.25, 0.3) is 5.91 Å². The van der Waals surface area contributed by atoms with Gasteiger partial charge in [0.15, 0.2) is 17.3 Å². The maximum atomic E-state index is 13.2. The fourth-order valence-corrected chi connectivity index (χ4v) is 4.08. The van der Waals surface area contributed by atoms with Crippen molar-refractivity contribution in [3.8, 4) is 11.5 Å². The van der Waals surface area contributed by atoms with E-state index in [1.807, 2.05) is 6.92 Å². The number of carbonyl (C=O) groups is 1. The number of benzene rings is 2. The molecule has 32 heavy (non-hydrogen) atoms. The Labute approximate surface area is 193 Å². The van der Waals surface area contributed by atoms with Crippen LogP contribution in [0.15, 0.2) is 52.1 Å². The Morgan fingerprint density at radius 2 is 2.06 bits per heavy atom. The highest BCUT2D eigenvalue weighted by Gasteiger charge is 2.35. The van der Waals surface area contributed by atoms with Crippen molar-refractivity contribution in [1.29, 1.82) is 5.41 Å². The van der Waals surface area contributed by atoms with E-state index in [4.69, 9.17) is 26.5 Å². The molecule has 164 valence electrons. The molecule has 7 nitrogen and oxygen atoms in total. The van der Waals surface area contributed by atoms with E-state index < -0.39 is 11.7 Å². The van der Waals surface area contributed by atoms with Crippen LogP contribution in [0.4, 0.5) is 4.39 Å². The maximum absolute atomic E-state index is 13.2. The predicted octanol–water partition coefficient (Wildman–Crippen LogP) is 5.10. The molecular formula is C22H18ClFN4O3S. The highest BCUT2D eigenvalue weighted by molar-refractivity contribution is 8.26. The summed E-state index contributed by atoms with van der Waals surface area (Å²) in [6.07, 6.45) is 2.26. The van der Waals surface area contributed by atoms with Gasteiger partial charge in [0, 0.05) is 5.56 Å². The van der Waals surface area contributed by atoms with E-state index in [2.05, 4.69) is 10.1 Å². The second kappa shape index (κ2) is 9.13. The molecule has 0 saturated heterocycles. The molecule has 1 amide bonds. The number of amides is 1. The molecule has 2 aliphatic rings. The van der Waals surface area contributed by atoms with Gasteiger partial charge < -0.3 is 9.47 Å². The van der Waals surface area contributed by atoms with E-state index in [9.17, 15) is 9.18 Å². The van der Waals surface area contributed by atoms with Crippen molar-refractivity contribution in [2.75, 3.05) is 7.11 Å². The molecular weight excluding hydrogens is 455 g/mol. The molecule has 2 heterocycles.